The fraction of sp³-hybridized carbons (Fsp3) is 0.350. The minimum absolute atomic E-state index is 0.0107. The van der Waals surface area contributed by atoms with Crippen LogP contribution in [-0.4, -0.2) is 45.8 Å². The first kappa shape index (κ1) is 21.7. The van der Waals surface area contributed by atoms with E-state index in [1.165, 1.54) is 20.2 Å². The van der Waals surface area contributed by atoms with Crippen molar-refractivity contribution in [2.45, 2.75) is 25.7 Å². The number of carbonyl (C=O) groups excluding carboxylic acids is 1. The molecule has 28 heavy (non-hydrogen) atoms. The van der Waals surface area contributed by atoms with E-state index in [1.54, 1.807) is 12.1 Å². The maximum absolute atomic E-state index is 12.4. The van der Waals surface area contributed by atoms with Crippen LogP contribution in [0.15, 0.2) is 41.3 Å². The topological polar surface area (TPSA) is 90.5 Å². The van der Waals surface area contributed by atoms with Crippen molar-refractivity contribution >= 4 is 33.0 Å². The zero-order valence-electron chi connectivity index (χ0n) is 17.0. The van der Waals surface area contributed by atoms with Crippen LogP contribution in [0.4, 0.5) is 17.1 Å². The second-order valence-electron chi connectivity index (χ2n) is 6.73. The molecule has 0 saturated carbocycles. The Morgan fingerprint density at radius 3 is 2.29 bits per heavy atom. The van der Waals surface area contributed by atoms with Crippen molar-refractivity contribution < 1.29 is 13.2 Å². The Morgan fingerprint density at radius 2 is 1.68 bits per heavy atom. The normalized spacial score (nSPS) is 11.4. The van der Waals surface area contributed by atoms with Crippen LogP contribution >= 0.6 is 0 Å². The van der Waals surface area contributed by atoms with Crippen molar-refractivity contribution in [3.05, 3.63) is 47.5 Å². The van der Waals surface area contributed by atoms with Crippen molar-refractivity contribution in [2.24, 2.45) is 0 Å². The summed E-state index contributed by atoms with van der Waals surface area (Å²) in [4.78, 5) is 12.5. The number of rotatable bonds is 8. The first-order valence-electron chi connectivity index (χ1n) is 9.06. The molecule has 0 atom stereocenters. The number of amides is 1. The van der Waals surface area contributed by atoms with Crippen molar-refractivity contribution in [3.8, 4) is 0 Å². The molecule has 0 aliphatic carbocycles. The van der Waals surface area contributed by atoms with Gasteiger partial charge < -0.3 is 16.0 Å². The number of benzene rings is 2. The highest BCUT2D eigenvalue weighted by Crippen LogP contribution is 2.26. The fourth-order valence-corrected chi connectivity index (χ4v) is 3.51. The minimum atomic E-state index is -3.56. The second-order valence-corrected chi connectivity index (χ2v) is 8.88. The van der Waals surface area contributed by atoms with Gasteiger partial charge in [-0.2, -0.15) is 0 Å². The summed E-state index contributed by atoms with van der Waals surface area (Å²) in [5, 5.41) is 9.05. The molecule has 152 valence electrons. The molecular weight excluding hydrogens is 376 g/mol. The van der Waals surface area contributed by atoms with E-state index >= 15 is 0 Å². The lowest BCUT2D eigenvalue weighted by atomic mass is 10.1. The van der Waals surface area contributed by atoms with Crippen LogP contribution in [-0.2, 0) is 14.8 Å². The maximum Gasteiger partial charge on any atom is 0.243 e. The van der Waals surface area contributed by atoms with E-state index < -0.39 is 10.0 Å². The lowest BCUT2D eigenvalue weighted by molar-refractivity contribution is -0.114. The number of hydrogen-bond donors (Lipinski definition) is 3. The molecule has 2 rings (SSSR count). The quantitative estimate of drug-likeness (QED) is 0.629. The Bertz CT molecular complexity index is 956. The minimum Gasteiger partial charge on any atom is -0.384 e. The first-order valence-corrected chi connectivity index (χ1v) is 10.5. The Kier molecular flexibility index (Phi) is 7.04. The lowest BCUT2D eigenvalue weighted by Gasteiger charge is -2.17. The molecule has 0 aliphatic rings. The van der Waals surface area contributed by atoms with Gasteiger partial charge in [0.2, 0.25) is 15.9 Å². The predicted octanol–water partition coefficient (Wildman–Crippen LogP) is 3.04. The zero-order valence-corrected chi connectivity index (χ0v) is 17.8. The van der Waals surface area contributed by atoms with Gasteiger partial charge in [0.1, 0.15) is 0 Å². The number of nitrogens with zero attached hydrogens (tertiary/aromatic N) is 1. The molecule has 0 unspecified atom stereocenters. The summed E-state index contributed by atoms with van der Waals surface area (Å²) < 4.78 is 25.9. The van der Waals surface area contributed by atoms with Gasteiger partial charge in [0.15, 0.2) is 0 Å². The summed E-state index contributed by atoms with van der Waals surface area (Å²) in [5.41, 5.74) is 4.28. The van der Waals surface area contributed by atoms with E-state index in [1.807, 2.05) is 39.0 Å². The van der Waals surface area contributed by atoms with Gasteiger partial charge in [0, 0.05) is 26.3 Å². The fourth-order valence-electron chi connectivity index (χ4n) is 2.59. The van der Waals surface area contributed by atoms with Crippen LogP contribution in [0.25, 0.3) is 0 Å². The smallest absolute Gasteiger partial charge is 0.243 e. The molecule has 0 aliphatic heterocycles. The molecular formula is C20H28N4O3S. The van der Waals surface area contributed by atoms with E-state index in [0.717, 1.165) is 26.8 Å². The van der Waals surface area contributed by atoms with Crippen LogP contribution in [0.5, 0.6) is 0 Å². The Labute approximate surface area is 167 Å². The van der Waals surface area contributed by atoms with E-state index in [4.69, 9.17) is 0 Å². The van der Waals surface area contributed by atoms with E-state index in [0.29, 0.717) is 12.2 Å². The van der Waals surface area contributed by atoms with Crippen molar-refractivity contribution in [1.82, 2.24) is 4.31 Å². The summed E-state index contributed by atoms with van der Waals surface area (Å²) in [6, 6.07) is 10.5. The summed E-state index contributed by atoms with van der Waals surface area (Å²) in [6.07, 6.45) is 0. The highest BCUT2D eigenvalue weighted by Gasteiger charge is 2.19. The molecule has 8 heteroatoms. The molecule has 2 aromatic carbocycles. The van der Waals surface area contributed by atoms with Gasteiger partial charge in [-0.05, 0) is 62.2 Å². The number of sulfonamides is 1. The van der Waals surface area contributed by atoms with Gasteiger partial charge in [-0.1, -0.05) is 6.07 Å². The molecule has 7 nitrogen and oxygen atoms in total. The first-order chi connectivity index (χ1) is 13.1. The van der Waals surface area contributed by atoms with Crippen LogP contribution in [0.3, 0.4) is 0 Å². The number of anilines is 3. The zero-order chi connectivity index (χ0) is 20.9. The highest BCUT2D eigenvalue weighted by molar-refractivity contribution is 7.89. The Hall–Kier alpha value is -2.58. The third-order valence-electron chi connectivity index (χ3n) is 4.37. The van der Waals surface area contributed by atoms with E-state index in [9.17, 15) is 13.2 Å². The van der Waals surface area contributed by atoms with Crippen LogP contribution in [0, 0.1) is 13.8 Å². The molecule has 0 saturated heterocycles. The van der Waals surface area contributed by atoms with Crippen molar-refractivity contribution in [2.75, 3.05) is 43.1 Å². The van der Waals surface area contributed by atoms with Crippen molar-refractivity contribution in [1.29, 1.82) is 0 Å². The number of nitrogens with one attached hydrogen (secondary N) is 3. The van der Waals surface area contributed by atoms with E-state index in [-0.39, 0.29) is 17.3 Å². The summed E-state index contributed by atoms with van der Waals surface area (Å²) in [7, 11) is -0.595. The average molecular weight is 405 g/mol. The molecule has 3 N–H and O–H groups in total. The molecule has 0 fully saturated rings. The SMILES string of the molecule is CCNc1ccc(S(=O)(=O)N(C)C)cc1NCC(=O)Nc1ccc(C)c(C)c1. The van der Waals surface area contributed by atoms with Gasteiger partial charge in [0.25, 0.3) is 0 Å². The lowest BCUT2D eigenvalue weighted by Crippen LogP contribution is -2.24. The van der Waals surface area contributed by atoms with Gasteiger partial charge in [-0.15, -0.1) is 0 Å². The van der Waals surface area contributed by atoms with Crippen LogP contribution < -0.4 is 16.0 Å². The van der Waals surface area contributed by atoms with Gasteiger partial charge in [-0.25, -0.2) is 12.7 Å². The van der Waals surface area contributed by atoms with Crippen LogP contribution in [0.1, 0.15) is 18.1 Å². The molecule has 1 amide bonds. The van der Waals surface area contributed by atoms with Gasteiger partial charge in [0.05, 0.1) is 22.8 Å². The summed E-state index contributed by atoms with van der Waals surface area (Å²) >= 11 is 0. The summed E-state index contributed by atoms with van der Waals surface area (Å²) in [5.74, 6) is -0.216. The standard InChI is InChI=1S/C20H28N4O3S/c1-6-21-18-10-9-17(28(26,27)24(4)5)12-19(18)22-13-20(25)23-16-8-7-14(2)15(3)11-16/h7-12,21-22H,6,13H2,1-5H3,(H,23,25). The third kappa shape index (κ3) is 5.24. The Morgan fingerprint density at radius 1 is 0.964 bits per heavy atom. The largest absolute Gasteiger partial charge is 0.384 e. The molecule has 0 spiro atoms. The average Bonchev–Trinajstić information content (AvgIpc) is 2.64. The Balaban J connectivity index is 2.16. The van der Waals surface area contributed by atoms with Gasteiger partial charge in [-0.3, -0.25) is 4.79 Å². The van der Waals surface area contributed by atoms with Crippen molar-refractivity contribution in [3.63, 3.8) is 0 Å². The summed E-state index contributed by atoms with van der Waals surface area (Å²) in [6.45, 7) is 6.63. The number of carbonyl (C=O) groups is 1. The third-order valence-corrected chi connectivity index (χ3v) is 6.18. The monoisotopic (exact) mass is 404 g/mol. The van der Waals surface area contributed by atoms with Gasteiger partial charge >= 0.3 is 0 Å². The molecule has 2 aromatic rings. The second kappa shape index (κ2) is 9.07. The number of aryl methyl sites for hydroxylation is 2. The molecule has 0 aromatic heterocycles. The predicted molar refractivity (Wildman–Crippen MR) is 115 cm³/mol. The molecule has 0 radical (unpaired) electrons. The molecule has 0 heterocycles. The maximum atomic E-state index is 12.4. The number of hydrogen-bond acceptors (Lipinski definition) is 5. The van der Waals surface area contributed by atoms with Crippen LogP contribution in [0.2, 0.25) is 0 Å². The van der Waals surface area contributed by atoms with E-state index in [2.05, 4.69) is 16.0 Å². The highest BCUT2D eigenvalue weighted by atomic mass is 32.2. The molecule has 0 bridgehead atoms.